The van der Waals surface area contributed by atoms with E-state index in [2.05, 4.69) is 0 Å². The highest BCUT2D eigenvalue weighted by molar-refractivity contribution is 5.48. The summed E-state index contributed by atoms with van der Waals surface area (Å²) in [5, 5.41) is 10.8. The Labute approximate surface area is 101 Å². The van der Waals surface area contributed by atoms with Gasteiger partial charge in [-0.1, -0.05) is 6.07 Å². The van der Waals surface area contributed by atoms with Gasteiger partial charge in [0, 0.05) is 23.1 Å². The maximum absolute atomic E-state index is 10.8. The molecular weight excluding hydrogens is 216 g/mol. The van der Waals surface area contributed by atoms with Crippen molar-refractivity contribution in [2.45, 2.75) is 44.6 Å². The van der Waals surface area contributed by atoms with Crippen LogP contribution in [-0.2, 0) is 5.41 Å². The Balaban J connectivity index is 2.52. The summed E-state index contributed by atoms with van der Waals surface area (Å²) in [6, 6.07) is 5.06. The van der Waals surface area contributed by atoms with E-state index in [0.717, 1.165) is 24.0 Å². The number of nitrogens with zero attached hydrogens (tertiary/aromatic N) is 1. The molecule has 1 fully saturated rings. The average Bonchev–Trinajstić information content (AvgIpc) is 2.97. The Kier molecular flexibility index (Phi) is 2.51. The van der Waals surface area contributed by atoms with Gasteiger partial charge in [-0.2, -0.15) is 0 Å². The minimum Gasteiger partial charge on any atom is -0.325 e. The molecule has 0 atom stereocenters. The molecule has 92 valence electrons. The average molecular weight is 234 g/mol. The predicted octanol–water partition coefficient (Wildman–Crippen LogP) is 2.67. The molecule has 0 radical (unpaired) electrons. The van der Waals surface area contributed by atoms with Crippen molar-refractivity contribution in [1.82, 2.24) is 0 Å². The van der Waals surface area contributed by atoms with E-state index in [1.807, 2.05) is 26.8 Å². The number of rotatable bonds is 3. The number of benzene rings is 1. The van der Waals surface area contributed by atoms with E-state index >= 15 is 0 Å². The molecule has 17 heavy (non-hydrogen) atoms. The number of non-ortho nitro benzene ring substituents is 1. The first-order valence-corrected chi connectivity index (χ1v) is 5.82. The first-order valence-electron chi connectivity index (χ1n) is 5.82. The van der Waals surface area contributed by atoms with E-state index in [9.17, 15) is 10.1 Å². The lowest BCUT2D eigenvalue weighted by molar-refractivity contribution is -0.385. The summed E-state index contributed by atoms with van der Waals surface area (Å²) < 4.78 is 0. The largest absolute Gasteiger partial charge is 0.325 e. The molecule has 0 bridgehead atoms. The molecule has 1 aliphatic carbocycles. The standard InChI is InChI=1S/C13H18N2O2/c1-9-4-5-10(15(16)17)8-11(9)13(6-7-13)12(2,3)14/h4-5,8H,6-7,14H2,1-3H3. The SMILES string of the molecule is Cc1ccc([N+](=O)[O-])cc1C1(C(C)(C)N)CC1. The summed E-state index contributed by atoms with van der Waals surface area (Å²) in [4.78, 5) is 10.5. The maximum atomic E-state index is 10.8. The number of nitrogens with two attached hydrogens (primary N) is 1. The molecular formula is C13H18N2O2. The normalized spacial score (nSPS) is 17.9. The molecule has 1 aliphatic rings. The van der Waals surface area contributed by atoms with Gasteiger partial charge in [0.15, 0.2) is 0 Å². The van der Waals surface area contributed by atoms with Gasteiger partial charge in [0.1, 0.15) is 0 Å². The zero-order chi connectivity index (χ0) is 12.8. The highest BCUT2D eigenvalue weighted by atomic mass is 16.6. The van der Waals surface area contributed by atoms with Crippen molar-refractivity contribution in [3.63, 3.8) is 0 Å². The molecule has 0 saturated heterocycles. The van der Waals surface area contributed by atoms with E-state index in [1.54, 1.807) is 12.1 Å². The quantitative estimate of drug-likeness (QED) is 0.645. The molecule has 0 aromatic heterocycles. The lowest BCUT2D eigenvalue weighted by Crippen LogP contribution is -2.45. The lowest BCUT2D eigenvalue weighted by atomic mass is 9.77. The number of hydrogen-bond donors (Lipinski definition) is 1. The van der Waals surface area contributed by atoms with Crippen LogP contribution in [-0.4, -0.2) is 10.5 Å². The van der Waals surface area contributed by atoms with E-state index < -0.39 is 0 Å². The van der Waals surface area contributed by atoms with Crippen LogP contribution in [0, 0.1) is 17.0 Å². The molecule has 1 aromatic rings. The van der Waals surface area contributed by atoms with Gasteiger partial charge in [-0.25, -0.2) is 0 Å². The van der Waals surface area contributed by atoms with Crippen molar-refractivity contribution in [3.8, 4) is 0 Å². The summed E-state index contributed by atoms with van der Waals surface area (Å²) in [5.74, 6) is 0. The lowest BCUT2D eigenvalue weighted by Gasteiger charge is -2.32. The van der Waals surface area contributed by atoms with Crippen LogP contribution in [0.2, 0.25) is 0 Å². The number of nitro benzene ring substituents is 1. The third kappa shape index (κ3) is 1.82. The summed E-state index contributed by atoms with van der Waals surface area (Å²) in [5.41, 5.74) is 8.10. The third-order valence-corrected chi connectivity index (χ3v) is 3.93. The number of hydrogen-bond acceptors (Lipinski definition) is 3. The third-order valence-electron chi connectivity index (χ3n) is 3.93. The van der Waals surface area contributed by atoms with E-state index in [-0.39, 0.29) is 21.6 Å². The summed E-state index contributed by atoms with van der Waals surface area (Å²) in [6.45, 7) is 5.99. The highest BCUT2D eigenvalue weighted by Crippen LogP contribution is 2.55. The molecule has 0 aliphatic heterocycles. The minimum atomic E-state index is -0.345. The van der Waals surface area contributed by atoms with Crippen LogP contribution in [0.3, 0.4) is 0 Å². The summed E-state index contributed by atoms with van der Waals surface area (Å²) in [6.07, 6.45) is 2.02. The monoisotopic (exact) mass is 234 g/mol. The van der Waals surface area contributed by atoms with Crippen LogP contribution in [0.25, 0.3) is 0 Å². The van der Waals surface area contributed by atoms with Crippen LogP contribution in [0.4, 0.5) is 5.69 Å². The van der Waals surface area contributed by atoms with Gasteiger partial charge in [-0.3, -0.25) is 10.1 Å². The first-order chi connectivity index (χ1) is 7.78. The van der Waals surface area contributed by atoms with Crippen molar-refractivity contribution in [2.75, 3.05) is 0 Å². The van der Waals surface area contributed by atoms with E-state index in [0.29, 0.717) is 0 Å². The van der Waals surface area contributed by atoms with Gasteiger partial charge in [-0.15, -0.1) is 0 Å². The minimum absolute atomic E-state index is 0.0803. The predicted molar refractivity (Wildman–Crippen MR) is 67.0 cm³/mol. The molecule has 1 saturated carbocycles. The van der Waals surface area contributed by atoms with Crippen molar-refractivity contribution in [1.29, 1.82) is 0 Å². The van der Waals surface area contributed by atoms with Crippen LogP contribution in [0.5, 0.6) is 0 Å². The van der Waals surface area contributed by atoms with Gasteiger partial charge in [0.25, 0.3) is 5.69 Å². The highest BCUT2D eigenvalue weighted by Gasteiger charge is 2.54. The maximum Gasteiger partial charge on any atom is 0.269 e. The molecule has 0 spiro atoms. The van der Waals surface area contributed by atoms with Gasteiger partial charge < -0.3 is 5.73 Å². The van der Waals surface area contributed by atoms with Crippen molar-refractivity contribution >= 4 is 5.69 Å². The second-order valence-electron chi connectivity index (χ2n) is 5.56. The van der Waals surface area contributed by atoms with E-state index in [4.69, 9.17) is 5.73 Å². The molecule has 0 heterocycles. The van der Waals surface area contributed by atoms with Crippen molar-refractivity contribution < 1.29 is 4.92 Å². The van der Waals surface area contributed by atoms with Crippen molar-refractivity contribution in [3.05, 3.63) is 39.4 Å². The Morgan fingerprint density at radius 2 is 2.00 bits per heavy atom. The Bertz CT molecular complexity index is 471. The van der Waals surface area contributed by atoms with Crippen LogP contribution < -0.4 is 5.73 Å². The number of nitro groups is 1. The second kappa shape index (κ2) is 3.53. The van der Waals surface area contributed by atoms with Crippen LogP contribution >= 0.6 is 0 Å². The zero-order valence-corrected chi connectivity index (χ0v) is 10.5. The van der Waals surface area contributed by atoms with Crippen LogP contribution in [0.1, 0.15) is 37.8 Å². The first kappa shape index (κ1) is 12.0. The number of aryl methyl sites for hydroxylation is 1. The van der Waals surface area contributed by atoms with Crippen LogP contribution in [0.15, 0.2) is 18.2 Å². The Hall–Kier alpha value is -1.42. The van der Waals surface area contributed by atoms with Gasteiger partial charge in [0.05, 0.1) is 4.92 Å². The van der Waals surface area contributed by atoms with E-state index in [1.165, 1.54) is 0 Å². The fourth-order valence-corrected chi connectivity index (χ4v) is 2.62. The molecule has 4 nitrogen and oxygen atoms in total. The van der Waals surface area contributed by atoms with Gasteiger partial charge >= 0.3 is 0 Å². The molecule has 2 N–H and O–H groups in total. The molecule has 4 heteroatoms. The fourth-order valence-electron chi connectivity index (χ4n) is 2.62. The van der Waals surface area contributed by atoms with Gasteiger partial charge in [-0.05, 0) is 44.7 Å². The Morgan fingerprint density at radius 3 is 2.41 bits per heavy atom. The molecule has 2 rings (SSSR count). The fraction of sp³-hybridized carbons (Fsp3) is 0.538. The zero-order valence-electron chi connectivity index (χ0n) is 10.5. The smallest absolute Gasteiger partial charge is 0.269 e. The topological polar surface area (TPSA) is 69.2 Å². The second-order valence-corrected chi connectivity index (χ2v) is 5.56. The van der Waals surface area contributed by atoms with Gasteiger partial charge in [0.2, 0.25) is 0 Å². The summed E-state index contributed by atoms with van der Waals surface area (Å²) >= 11 is 0. The molecule has 0 amide bonds. The van der Waals surface area contributed by atoms with Crippen molar-refractivity contribution in [2.24, 2.45) is 5.73 Å². The summed E-state index contributed by atoms with van der Waals surface area (Å²) in [7, 11) is 0. The molecule has 1 aromatic carbocycles. The molecule has 0 unspecified atom stereocenters. The Morgan fingerprint density at radius 1 is 1.41 bits per heavy atom.